The van der Waals surface area contributed by atoms with Crippen LogP contribution in [0.15, 0.2) is 17.1 Å². The van der Waals surface area contributed by atoms with Crippen LogP contribution in [0, 0.1) is 5.82 Å². The first-order valence-corrected chi connectivity index (χ1v) is 11.7. The molecular formula is C24H32FN3O7. The zero-order valence-electron chi connectivity index (χ0n) is 19.9. The minimum atomic E-state index is -1.31. The van der Waals surface area contributed by atoms with Crippen molar-refractivity contribution >= 4 is 28.5 Å². The SMILES string of the molecule is CNC1CCCN(c2c(F)cc3c(=O)c(C(=O)O)cn(C4CC4)c3c2OC)C1.O=C(O)CCCO. The summed E-state index contributed by atoms with van der Waals surface area (Å²) in [6, 6.07) is 1.51. The molecule has 1 saturated carbocycles. The van der Waals surface area contributed by atoms with E-state index in [1.165, 1.54) is 19.4 Å². The van der Waals surface area contributed by atoms with Crippen LogP contribution >= 0.6 is 0 Å². The molecule has 2 fully saturated rings. The largest absolute Gasteiger partial charge is 0.492 e. The molecule has 1 aromatic heterocycles. The molecule has 2 aromatic rings. The maximum atomic E-state index is 15.2. The number of aliphatic hydroxyl groups is 1. The number of anilines is 1. The van der Waals surface area contributed by atoms with Crippen molar-refractivity contribution in [1.82, 2.24) is 9.88 Å². The Kier molecular flexibility index (Phi) is 8.68. The number of hydrogen-bond acceptors (Lipinski definition) is 7. The summed E-state index contributed by atoms with van der Waals surface area (Å²) < 4.78 is 22.6. The lowest BCUT2D eigenvalue weighted by Crippen LogP contribution is -2.45. The van der Waals surface area contributed by atoms with Crippen LogP contribution in [-0.2, 0) is 4.79 Å². The van der Waals surface area contributed by atoms with Crippen molar-refractivity contribution in [2.24, 2.45) is 0 Å². The maximum absolute atomic E-state index is 15.2. The van der Waals surface area contributed by atoms with Crippen LogP contribution in [0.4, 0.5) is 10.1 Å². The van der Waals surface area contributed by atoms with Crippen molar-refractivity contribution in [3.05, 3.63) is 33.9 Å². The molecule has 192 valence electrons. The van der Waals surface area contributed by atoms with Gasteiger partial charge in [0.05, 0.1) is 18.0 Å². The predicted octanol–water partition coefficient (Wildman–Crippen LogP) is 2.21. The van der Waals surface area contributed by atoms with E-state index in [2.05, 4.69) is 5.32 Å². The number of nitrogens with one attached hydrogen (secondary N) is 1. The molecular weight excluding hydrogens is 461 g/mol. The van der Waals surface area contributed by atoms with E-state index < -0.39 is 23.2 Å². The number of piperidine rings is 1. The third-order valence-corrected chi connectivity index (χ3v) is 6.27. The fourth-order valence-electron chi connectivity index (χ4n) is 4.37. The van der Waals surface area contributed by atoms with Crippen molar-refractivity contribution < 1.29 is 34.0 Å². The van der Waals surface area contributed by atoms with Crippen molar-refractivity contribution in [3.63, 3.8) is 0 Å². The van der Waals surface area contributed by atoms with Crippen LogP contribution in [0.1, 0.15) is 54.9 Å². The van der Waals surface area contributed by atoms with Gasteiger partial charge in [0.2, 0.25) is 5.43 Å². The number of ether oxygens (including phenoxy) is 1. The fraction of sp³-hybridized carbons (Fsp3) is 0.542. The van der Waals surface area contributed by atoms with Gasteiger partial charge in [-0.2, -0.15) is 0 Å². The molecule has 2 aliphatic rings. The maximum Gasteiger partial charge on any atom is 0.341 e. The van der Waals surface area contributed by atoms with Crippen molar-refractivity contribution in [3.8, 4) is 5.75 Å². The molecule has 1 saturated heterocycles. The molecule has 1 aromatic carbocycles. The summed E-state index contributed by atoms with van der Waals surface area (Å²) in [7, 11) is 3.35. The van der Waals surface area contributed by atoms with Gasteiger partial charge >= 0.3 is 11.9 Å². The summed E-state index contributed by atoms with van der Waals surface area (Å²) in [5, 5.41) is 28.7. The average Bonchev–Trinajstić information content (AvgIpc) is 3.68. The minimum absolute atomic E-state index is 0.0354. The van der Waals surface area contributed by atoms with Crippen molar-refractivity contribution in [1.29, 1.82) is 0 Å². The summed E-state index contributed by atoms with van der Waals surface area (Å²) in [4.78, 5) is 35.9. The zero-order valence-corrected chi connectivity index (χ0v) is 19.9. The molecule has 35 heavy (non-hydrogen) atoms. The van der Waals surface area contributed by atoms with Crippen LogP contribution in [0.5, 0.6) is 5.75 Å². The Morgan fingerprint density at radius 2 is 1.97 bits per heavy atom. The van der Waals surface area contributed by atoms with Gasteiger partial charge in [-0.3, -0.25) is 9.59 Å². The van der Waals surface area contributed by atoms with Crippen LogP contribution in [0.25, 0.3) is 10.9 Å². The number of aromatic carboxylic acids is 1. The van der Waals surface area contributed by atoms with Crippen LogP contribution in [0.3, 0.4) is 0 Å². The second-order valence-corrected chi connectivity index (χ2v) is 8.75. The quantitative estimate of drug-likeness (QED) is 0.435. The van der Waals surface area contributed by atoms with Gasteiger partial charge < -0.3 is 34.8 Å². The van der Waals surface area contributed by atoms with E-state index in [-0.39, 0.29) is 36.1 Å². The molecule has 2 heterocycles. The third-order valence-electron chi connectivity index (χ3n) is 6.27. The Bertz CT molecular complexity index is 1150. The number of fused-ring (bicyclic) bond motifs is 1. The molecule has 0 radical (unpaired) electrons. The molecule has 0 bridgehead atoms. The summed E-state index contributed by atoms with van der Waals surface area (Å²) in [5.41, 5.74) is -0.216. The number of carboxylic acid groups (broad SMARTS) is 2. The Hall–Kier alpha value is -3.18. The molecule has 4 N–H and O–H groups in total. The van der Waals surface area contributed by atoms with Crippen molar-refractivity contribution in [2.45, 2.75) is 50.6 Å². The topological polar surface area (TPSA) is 141 Å². The number of nitrogens with zero attached hydrogens (tertiary/aromatic N) is 2. The van der Waals surface area contributed by atoms with E-state index in [0.717, 1.165) is 25.7 Å². The molecule has 0 amide bonds. The number of methoxy groups -OCH3 is 1. The minimum Gasteiger partial charge on any atom is -0.492 e. The highest BCUT2D eigenvalue weighted by atomic mass is 19.1. The van der Waals surface area contributed by atoms with Gasteiger partial charge in [-0.15, -0.1) is 0 Å². The Balaban J connectivity index is 0.000000429. The molecule has 1 atom stereocenters. The second kappa shape index (κ2) is 11.5. The van der Waals surface area contributed by atoms with E-state index in [0.29, 0.717) is 36.5 Å². The van der Waals surface area contributed by atoms with E-state index in [9.17, 15) is 19.5 Å². The summed E-state index contributed by atoms with van der Waals surface area (Å²) in [6.45, 7) is 1.29. The number of carboxylic acids is 2. The number of pyridine rings is 1. The first-order chi connectivity index (χ1) is 16.7. The lowest BCUT2D eigenvalue weighted by Gasteiger charge is -2.35. The summed E-state index contributed by atoms with van der Waals surface area (Å²) in [5.74, 6) is -2.43. The smallest absolute Gasteiger partial charge is 0.341 e. The monoisotopic (exact) mass is 493 g/mol. The van der Waals surface area contributed by atoms with E-state index in [1.807, 2.05) is 11.9 Å². The Morgan fingerprint density at radius 3 is 2.49 bits per heavy atom. The van der Waals surface area contributed by atoms with Crippen LogP contribution in [0.2, 0.25) is 0 Å². The molecule has 10 nitrogen and oxygen atoms in total. The molecule has 1 unspecified atom stereocenters. The number of benzene rings is 1. The molecule has 1 aliphatic heterocycles. The van der Waals surface area contributed by atoms with Gasteiger partial charge in [0, 0.05) is 44.4 Å². The highest BCUT2D eigenvalue weighted by Crippen LogP contribution is 2.44. The number of hydrogen-bond donors (Lipinski definition) is 4. The predicted molar refractivity (Wildman–Crippen MR) is 128 cm³/mol. The highest BCUT2D eigenvalue weighted by molar-refractivity contribution is 5.97. The number of carbonyl (C=O) groups is 2. The average molecular weight is 494 g/mol. The van der Waals surface area contributed by atoms with Crippen LogP contribution in [-0.4, -0.2) is 71.7 Å². The van der Waals surface area contributed by atoms with Gasteiger partial charge in [-0.05, 0) is 45.2 Å². The molecule has 4 rings (SSSR count). The van der Waals surface area contributed by atoms with E-state index in [4.69, 9.17) is 14.9 Å². The number of aromatic nitrogens is 1. The zero-order chi connectivity index (χ0) is 25.7. The fourth-order valence-corrected chi connectivity index (χ4v) is 4.37. The lowest BCUT2D eigenvalue weighted by molar-refractivity contribution is -0.137. The van der Waals surface area contributed by atoms with Gasteiger partial charge in [0.15, 0.2) is 11.6 Å². The van der Waals surface area contributed by atoms with Crippen molar-refractivity contribution in [2.75, 3.05) is 38.8 Å². The Labute approximate surface area is 201 Å². The van der Waals surface area contributed by atoms with Gasteiger partial charge in [-0.25, -0.2) is 9.18 Å². The number of aliphatic carboxylic acids is 1. The highest BCUT2D eigenvalue weighted by Gasteiger charge is 2.32. The number of rotatable bonds is 8. The standard InChI is InChI=1S/C20H24FN3O4.C4H8O3/c1-22-11-4-3-7-23(9-11)17-15(21)8-13-16(19(17)28-2)24(12-5-6-12)10-14(18(13)25)20(26)27;5-3-1-2-4(6)7/h8,10-12,22H,3-7,9H2,1-2H3,(H,26,27);5H,1-3H2,(H,6,7). The van der Waals surface area contributed by atoms with Crippen LogP contribution < -0.4 is 20.4 Å². The van der Waals surface area contributed by atoms with E-state index >= 15 is 4.39 Å². The first-order valence-electron chi connectivity index (χ1n) is 11.7. The molecule has 0 spiro atoms. The molecule has 11 heteroatoms. The van der Waals surface area contributed by atoms with Gasteiger partial charge in [0.25, 0.3) is 0 Å². The van der Waals surface area contributed by atoms with E-state index in [1.54, 1.807) is 4.57 Å². The first kappa shape index (κ1) is 26.4. The van der Waals surface area contributed by atoms with Gasteiger partial charge in [0.1, 0.15) is 11.3 Å². The lowest BCUT2D eigenvalue weighted by atomic mass is 10.0. The normalized spacial score (nSPS) is 17.6. The third kappa shape index (κ3) is 5.91. The second-order valence-electron chi connectivity index (χ2n) is 8.75. The Morgan fingerprint density at radius 1 is 1.26 bits per heavy atom. The number of halogens is 1. The number of aliphatic hydroxyl groups excluding tert-OH is 1. The summed E-state index contributed by atoms with van der Waals surface area (Å²) in [6.07, 6.45) is 5.50. The van der Waals surface area contributed by atoms with Gasteiger partial charge in [-0.1, -0.05) is 0 Å². The number of likely N-dealkylation sites (N-methyl/N-ethyl adjacent to an activating group) is 1. The molecule has 1 aliphatic carbocycles. The summed E-state index contributed by atoms with van der Waals surface area (Å²) >= 11 is 0.